The minimum Gasteiger partial charge on any atom is -0.497 e. The Kier molecular flexibility index (Phi) is 6.04. The van der Waals surface area contributed by atoms with Gasteiger partial charge in [0.1, 0.15) is 21.4 Å². The minimum atomic E-state index is 0.0705. The summed E-state index contributed by atoms with van der Waals surface area (Å²) in [6, 6.07) is 16.0. The van der Waals surface area contributed by atoms with E-state index < -0.39 is 0 Å². The number of rotatable bonds is 6. The molecular weight excluding hydrogens is 396 g/mol. The third-order valence-electron chi connectivity index (χ3n) is 5.42. The zero-order chi connectivity index (χ0) is 21.1. The number of thiazole rings is 1. The SMILES string of the molecule is CCOc1ccc(C2CCCN2C(=O)c2sc(-c3ccc(OC)cc3)nc2C)cc1. The first-order chi connectivity index (χ1) is 14.6. The Labute approximate surface area is 181 Å². The maximum Gasteiger partial charge on any atom is 0.266 e. The predicted octanol–water partition coefficient (Wildman–Crippen LogP) is 5.50. The van der Waals surface area contributed by atoms with E-state index in [1.807, 2.05) is 55.1 Å². The highest BCUT2D eigenvalue weighted by molar-refractivity contribution is 7.17. The number of hydrogen-bond acceptors (Lipinski definition) is 5. The van der Waals surface area contributed by atoms with Gasteiger partial charge in [0.2, 0.25) is 0 Å². The summed E-state index contributed by atoms with van der Waals surface area (Å²) in [5.41, 5.74) is 2.93. The zero-order valence-corrected chi connectivity index (χ0v) is 18.4. The molecule has 0 radical (unpaired) electrons. The Morgan fingerprint density at radius 3 is 2.50 bits per heavy atom. The quantitative estimate of drug-likeness (QED) is 0.526. The highest BCUT2D eigenvalue weighted by Crippen LogP contribution is 2.36. The van der Waals surface area contributed by atoms with Crippen molar-refractivity contribution in [1.82, 2.24) is 9.88 Å². The molecule has 0 saturated carbocycles. The Morgan fingerprint density at radius 2 is 1.83 bits per heavy atom. The minimum absolute atomic E-state index is 0.0705. The molecule has 5 nitrogen and oxygen atoms in total. The lowest BCUT2D eigenvalue weighted by molar-refractivity contribution is 0.0739. The lowest BCUT2D eigenvalue weighted by atomic mass is 10.0. The maximum atomic E-state index is 13.4. The van der Waals surface area contributed by atoms with Crippen LogP contribution in [-0.2, 0) is 0 Å². The molecule has 0 aliphatic carbocycles. The number of aryl methyl sites for hydroxylation is 1. The summed E-state index contributed by atoms with van der Waals surface area (Å²) in [4.78, 5) is 20.8. The molecule has 3 aromatic rings. The smallest absolute Gasteiger partial charge is 0.266 e. The van der Waals surface area contributed by atoms with Crippen molar-refractivity contribution in [2.75, 3.05) is 20.3 Å². The number of likely N-dealkylation sites (tertiary alicyclic amines) is 1. The van der Waals surface area contributed by atoms with E-state index in [9.17, 15) is 4.79 Å². The molecule has 2 aromatic carbocycles. The van der Waals surface area contributed by atoms with Crippen LogP contribution in [0.1, 0.15) is 46.7 Å². The fourth-order valence-corrected chi connectivity index (χ4v) is 4.92. The van der Waals surface area contributed by atoms with Gasteiger partial charge in [-0.15, -0.1) is 11.3 Å². The van der Waals surface area contributed by atoms with Gasteiger partial charge in [-0.1, -0.05) is 12.1 Å². The molecule has 1 fully saturated rings. The van der Waals surface area contributed by atoms with Gasteiger partial charge in [0.25, 0.3) is 5.91 Å². The predicted molar refractivity (Wildman–Crippen MR) is 119 cm³/mol. The maximum absolute atomic E-state index is 13.4. The van der Waals surface area contributed by atoms with E-state index in [-0.39, 0.29) is 11.9 Å². The Morgan fingerprint density at radius 1 is 1.13 bits per heavy atom. The Bertz CT molecular complexity index is 1010. The molecule has 4 rings (SSSR count). The normalized spacial score (nSPS) is 16.0. The fourth-order valence-electron chi connectivity index (χ4n) is 3.89. The number of amides is 1. The molecule has 2 heterocycles. The lowest BCUT2D eigenvalue weighted by Gasteiger charge is -2.25. The van der Waals surface area contributed by atoms with Crippen LogP contribution in [0.2, 0.25) is 0 Å². The van der Waals surface area contributed by atoms with Crippen LogP contribution in [0.15, 0.2) is 48.5 Å². The van der Waals surface area contributed by atoms with Crippen LogP contribution >= 0.6 is 11.3 Å². The molecule has 6 heteroatoms. The van der Waals surface area contributed by atoms with Crippen LogP contribution in [0.5, 0.6) is 11.5 Å². The number of methoxy groups -OCH3 is 1. The second-order valence-corrected chi connectivity index (χ2v) is 8.32. The van der Waals surface area contributed by atoms with Gasteiger partial charge in [-0.25, -0.2) is 4.98 Å². The second-order valence-electron chi connectivity index (χ2n) is 7.32. The summed E-state index contributed by atoms with van der Waals surface area (Å²) in [5, 5.41) is 0.857. The van der Waals surface area contributed by atoms with Gasteiger partial charge < -0.3 is 14.4 Å². The molecule has 1 unspecified atom stereocenters. The largest absolute Gasteiger partial charge is 0.497 e. The summed E-state index contributed by atoms with van der Waals surface area (Å²) in [6.07, 6.45) is 1.98. The molecule has 0 N–H and O–H groups in total. The highest BCUT2D eigenvalue weighted by atomic mass is 32.1. The summed E-state index contributed by atoms with van der Waals surface area (Å²) in [5.74, 6) is 1.74. The average Bonchev–Trinajstić information content (AvgIpc) is 3.41. The van der Waals surface area contributed by atoms with Crippen molar-refractivity contribution in [1.29, 1.82) is 0 Å². The van der Waals surface area contributed by atoms with E-state index in [4.69, 9.17) is 9.47 Å². The number of aromatic nitrogens is 1. The van der Waals surface area contributed by atoms with Crippen LogP contribution in [0, 0.1) is 6.92 Å². The Balaban J connectivity index is 1.56. The number of hydrogen-bond donors (Lipinski definition) is 0. The second kappa shape index (κ2) is 8.88. The Hall–Kier alpha value is -2.86. The van der Waals surface area contributed by atoms with Crippen molar-refractivity contribution < 1.29 is 14.3 Å². The van der Waals surface area contributed by atoms with Gasteiger partial charge in [-0.3, -0.25) is 4.79 Å². The van der Waals surface area contributed by atoms with Gasteiger partial charge in [0, 0.05) is 12.1 Å². The van der Waals surface area contributed by atoms with Gasteiger partial charge in [0.15, 0.2) is 0 Å². The van der Waals surface area contributed by atoms with Crippen molar-refractivity contribution in [3.8, 4) is 22.1 Å². The molecule has 1 atom stereocenters. The van der Waals surface area contributed by atoms with Crippen molar-refractivity contribution in [3.63, 3.8) is 0 Å². The van der Waals surface area contributed by atoms with E-state index in [2.05, 4.69) is 17.1 Å². The number of benzene rings is 2. The number of ether oxygens (including phenoxy) is 2. The van der Waals surface area contributed by atoms with Crippen LogP contribution in [0.4, 0.5) is 0 Å². The standard InChI is InChI=1S/C24H26N2O3S/c1-4-29-20-13-7-17(8-14-20)21-6-5-15-26(21)24(27)22-16(2)25-23(30-22)18-9-11-19(28-3)12-10-18/h7-14,21H,4-6,15H2,1-3H3. The van der Waals surface area contributed by atoms with Gasteiger partial charge in [-0.2, -0.15) is 0 Å². The van der Waals surface area contributed by atoms with Gasteiger partial charge in [-0.05, 0) is 68.7 Å². The van der Waals surface area contributed by atoms with Gasteiger partial charge >= 0.3 is 0 Å². The molecule has 1 saturated heterocycles. The molecule has 1 aliphatic rings. The van der Waals surface area contributed by atoms with Crippen molar-refractivity contribution in [3.05, 3.63) is 64.7 Å². The molecule has 1 aliphatic heterocycles. The zero-order valence-electron chi connectivity index (χ0n) is 17.6. The summed E-state index contributed by atoms with van der Waals surface area (Å²) < 4.78 is 10.8. The molecule has 156 valence electrons. The topological polar surface area (TPSA) is 51.7 Å². The molecule has 30 heavy (non-hydrogen) atoms. The lowest BCUT2D eigenvalue weighted by Crippen LogP contribution is -2.30. The van der Waals surface area contributed by atoms with E-state index >= 15 is 0 Å². The molecular formula is C24H26N2O3S. The summed E-state index contributed by atoms with van der Waals surface area (Å²) in [7, 11) is 1.65. The molecule has 0 spiro atoms. The van der Waals surface area contributed by atoms with Crippen LogP contribution in [0.25, 0.3) is 10.6 Å². The van der Waals surface area contributed by atoms with Crippen LogP contribution in [-0.4, -0.2) is 36.1 Å². The average molecular weight is 423 g/mol. The summed E-state index contributed by atoms with van der Waals surface area (Å²) in [6.45, 7) is 5.31. The van der Waals surface area contributed by atoms with Crippen molar-refractivity contribution >= 4 is 17.2 Å². The molecule has 1 amide bonds. The third kappa shape index (κ3) is 4.05. The van der Waals surface area contributed by atoms with E-state index in [0.29, 0.717) is 6.61 Å². The number of carbonyl (C=O) groups excluding carboxylic acids is 1. The van der Waals surface area contributed by atoms with Crippen molar-refractivity contribution in [2.24, 2.45) is 0 Å². The monoisotopic (exact) mass is 422 g/mol. The number of nitrogens with zero attached hydrogens (tertiary/aromatic N) is 2. The van der Waals surface area contributed by atoms with Crippen molar-refractivity contribution in [2.45, 2.75) is 32.7 Å². The fraction of sp³-hybridized carbons (Fsp3) is 0.333. The van der Waals surface area contributed by atoms with E-state index in [0.717, 1.165) is 57.6 Å². The highest BCUT2D eigenvalue weighted by Gasteiger charge is 2.32. The third-order valence-corrected chi connectivity index (χ3v) is 6.61. The first kappa shape index (κ1) is 20.4. The first-order valence-corrected chi connectivity index (χ1v) is 11.1. The molecule has 1 aromatic heterocycles. The van der Waals surface area contributed by atoms with E-state index in [1.165, 1.54) is 11.3 Å². The first-order valence-electron chi connectivity index (χ1n) is 10.3. The summed E-state index contributed by atoms with van der Waals surface area (Å²) >= 11 is 1.46. The van der Waals surface area contributed by atoms with Crippen LogP contribution in [0.3, 0.4) is 0 Å². The molecule has 0 bridgehead atoms. The van der Waals surface area contributed by atoms with E-state index in [1.54, 1.807) is 7.11 Å². The van der Waals surface area contributed by atoms with Gasteiger partial charge in [0.05, 0.1) is 25.5 Å². The van der Waals surface area contributed by atoms with Crippen LogP contribution < -0.4 is 9.47 Å². The number of carbonyl (C=O) groups is 1.